The molecule has 1 aromatic heterocycles. The van der Waals surface area contributed by atoms with Crippen molar-refractivity contribution in [3.63, 3.8) is 0 Å². The van der Waals surface area contributed by atoms with Crippen LogP contribution in [0, 0.1) is 6.92 Å². The van der Waals surface area contributed by atoms with Crippen LogP contribution >= 0.6 is 15.9 Å². The van der Waals surface area contributed by atoms with Crippen LogP contribution < -0.4 is 15.4 Å². The van der Waals surface area contributed by atoms with Crippen molar-refractivity contribution in [1.29, 1.82) is 0 Å². The van der Waals surface area contributed by atoms with Crippen LogP contribution in [0.2, 0.25) is 0 Å². The highest BCUT2D eigenvalue weighted by Gasteiger charge is 2.23. The Hall–Kier alpha value is -1.93. The molecule has 0 spiro atoms. The van der Waals surface area contributed by atoms with Crippen LogP contribution in [0.15, 0.2) is 22.7 Å². The van der Waals surface area contributed by atoms with Gasteiger partial charge in [0.1, 0.15) is 5.75 Å². The number of benzene rings is 1. The average molecular weight is 394 g/mol. The van der Waals surface area contributed by atoms with Crippen LogP contribution in [0.25, 0.3) is 0 Å². The highest BCUT2D eigenvalue weighted by molar-refractivity contribution is 9.10. The van der Waals surface area contributed by atoms with E-state index in [4.69, 9.17) is 4.74 Å². The molecule has 3 rings (SSSR count). The molecule has 0 saturated carbocycles. The summed E-state index contributed by atoms with van der Waals surface area (Å²) in [5.74, 6) is 0.394. The van der Waals surface area contributed by atoms with Crippen LogP contribution in [-0.2, 0) is 0 Å². The molecular weight excluding hydrogens is 374 g/mol. The third-order valence-corrected chi connectivity index (χ3v) is 4.91. The van der Waals surface area contributed by atoms with Gasteiger partial charge < -0.3 is 15.4 Å². The second-order valence-corrected chi connectivity index (χ2v) is 6.60. The topological polar surface area (TPSA) is 81.1 Å². The fraction of sp³-hybridized carbons (Fsp3) is 0.438. The summed E-state index contributed by atoms with van der Waals surface area (Å²) in [6.07, 6.45) is 1.99. The maximum atomic E-state index is 12.6. The molecule has 7 nitrogen and oxygen atoms in total. The van der Waals surface area contributed by atoms with Crippen LogP contribution in [0.1, 0.15) is 35.1 Å². The van der Waals surface area contributed by atoms with Crippen molar-refractivity contribution in [1.82, 2.24) is 20.3 Å². The lowest BCUT2D eigenvalue weighted by atomic mass is 10.1. The average Bonchev–Trinajstić information content (AvgIpc) is 2.99. The summed E-state index contributed by atoms with van der Waals surface area (Å²) in [6.45, 7) is 3.81. The van der Waals surface area contributed by atoms with Crippen molar-refractivity contribution in [3.8, 4) is 5.75 Å². The molecule has 2 heterocycles. The van der Waals surface area contributed by atoms with E-state index in [2.05, 4.69) is 36.9 Å². The highest BCUT2D eigenvalue weighted by atomic mass is 79.9. The lowest BCUT2D eigenvalue weighted by molar-refractivity contribution is 0.102. The number of aromatic nitrogens is 3. The van der Waals surface area contributed by atoms with Crippen molar-refractivity contribution in [2.24, 2.45) is 0 Å². The normalized spacial score (nSPS) is 15.3. The molecule has 1 aliphatic rings. The Balaban J connectivity index is 1.79. The molecule has 0 bridgehead atoms. The molecule has 1 aliphatic heterocycles. The van der Waals surface area contributed by atoms with Gasteiger partial charge in [0.05, 0.1) is 24.5 Å². The van der Waals surface area contributed by atoms with Crippen molar-refractivity contribution < 1.29 is 9.53 Å². The molecule has 2 N–H and O–H groups in total. The molecule has 1 aromatic carbocycles. The zero-order valence-electron chi connectivity index (χ0n) is 13.7. The minimum absolute atomic E-state index is 0.276. The first-order valence-corrected chi connectivity index (χ1v) is 8.67. The van der Waals surface area contributed by atoms with E-state index in [1.807, 2.05) is 23.7 Å². The number of carbonyl (C=O) groups is 1. The Morgan fingerprint density at radius 3 is 2.88 bits per heavy atom. The molecule has 1 saturated heterocycles. The van der Waals surface area contributed by atoms with Crippen LogP contribution in [0.3, 0.4) is 0 Å². The van der Waals surface area contributed by atoms with E-state index in [0.29, 0.717) is 23.2 Å². The molecule has 0 atom stereocenters. The Labute approximate surface area is 148 Å². The van der Waals surface area contributed by atoms with Gasteiger partial charge in [-0.05, 0) is 60.9 Å². The van der Waals surface area contributed by atoms with Gasteiger partial charge in [-0.3, -0.25) is 4.79 Å². The number of nitrogens with zero attached hydrogens (tertiary/aromatic N) is 3. The van der Waals surface area contributed by atoms with E-state index in [1.165, 1.54) is 0 Å². The third-order valence-electron chi connectivity index (χ3n) is 4.22. The predicted molar refractivity (Wildman–Crippen MR) is 94.5 cm³/mol. The van der Waals surface area contributed by atoms with Gasteiger partial charge in [0, 0.05) is 10.5 Å². The number of amides is 1. The number of nitrogens with one attached hydrogen (secondary N) is 2. The molecule has 8 heteroatoms. The fourth-order valence-electron chi connectivity index (χ4n) is 2.86. The zero-order valence-corrected chi connectivity index (χ0v) is 15.3. The standard InChI is InChI=1S/C16H20BrN5O2/c1-10-15(20-21-22(10)11-5-7-18-8-6-11)16(23)19-14-9-12(24-2)3-4-13(14)17/h3-4,9,11,18H,5-8H2,1-2H3,(H,19,23). The van der Waals surface area contributed by atoms with Crippen LogP contribution in [0.4, 0.5) is 5.69 Å². The lowest BCUT2D eigenvalue weighted by Crippen LogP contribution is -2.30. The summed E-state index contributed by atoms with van der Waals surface area (Å²) >= 11 is 3.43. The first kappa shape index (κ1) is 16.9. The molecule has 24 heavy (non-hydrogen) atoms. The number of rotatable bonds is 4. The third kappa shape index (κ3) is 3.44. The molecule has 0 aliphatic carbocycles. The summed E-state index contributed by atoms with van der Waals surface area (Å²) in [4.78, 5) is 12.6. The van der Waals surface area contributed by atoms with Gasteiger partial charge in [-0.15, -0.1) is 5.10 Å². The van der Waals surface area contributed by atoms with E-state index < -0.39 is 0 Å². The Morgan fingerprint density at radius 1 is 1.42 bits per heavy atom. The largest absolute Gasteiger partial charge is 0.497 e. The monoisotopic (exact) mass is 393 g/mol. The molecule has 128 valence electrons. The highest BCUT2D eigenvalue weighted by Crippen LogP contribution is 2.28. The second-order valence-electron chi connectivity index (χ2n) is 5.75. The SMILES string of the molecule is COc1ccc(Br)c(NC(=O)c2nnn(C3CCNCC3)c2C)c1. The van der Waals surface area contributed by atoms with Gasteiger partial charge in [-0.25, -0.2) is 4.68 Å². The van der Waals surface area contributed by atoms with E-state index >= 15 is 0 Å². The molecular formula is C16H20BrN5O2. The number of methoxy groups -OCH3 is 1. The first-order valence-electron chi connectivity index (χ1n) is 7.87. The Kier molecular flexibility index (Phi) is 5.15. The maximum absolute atomic E-state index is 12.6. The Morgan fingerprint density at radius 2 is 2.17 bits per heavy atom. The number of hydrogen-bond donors (Lipinski definition) is 2. The molecule has 1 fully saturated rings. The van der Waals surface area contributed by atoms with Gasteiger partial charge in [0.15, 0.2) is 5.69 Å². The quantitative estimate of drug-likeness (QED) is 0.833. The fourth-order valence-corrected chi connectivity index (χ4v) is 3.20. The van der Waals surface area contributed by atoms with Crippen LogP contribution in [-0.4, -0.2) is 41.1 Å². The lowest BCUT2D eigenvalue weighted by Gasteiger charge is -2.23. The van der Waals surface area contributed by atoms with Gasteiger partial charge in [-0.2, -0.15) is 0 Å². The summed E-state index contributed by atoms with van der Waals surface area (Å²) < 4.78 is 7.84. The summed E-state index contributed by atoms with van der Waals surface area (Å²) in [7, 11) is 1.59. The van der Waals surface area contributed by atoms with Gasteiger partial charge in [0.2, 0.25) is 0 Å². The number of hydrogen-bond acceptors (Lipinski definition) is 5. The van der Waals surface area contributed by atoms with Crippen molar-refractivity contribution in [3.05, 3.63) is 34.1 Å². The predicted octanol–water partition coefficient (Wildman–Crippen LogP) is 2.53. The number of halogens is 1. The van der Waals surface area contributed by atoms with Crippen molar-refractivity contribution in [2.75, 3.05) is 25.5 Å². The molecule has 0 unspecified atom stereocenters. The van der Waals surface area contributed by atoms with Gasteiger partial charge >= 0.3 is 0 Å². The first-order chi connectivity index (χ1) is 11.6. The van der Waals surface area contributed by atoms with E-state index in [1.54, 1.807) is 13.2 Å². The molecule has 1 amide bonds. The van der Waals surface area contributed by atoms with E-state index in [9.17, 15) is 4.79 Å². The Bertz CT molecular complexity index is 740. The number of ether oxygens (including phenoxy) is 1. The summed E-state index contributed by atoms with van der Waals surface area (Å²) in [5.41, 5.74) is 1.77. The number of piperidine rings is 1. The second kappa shape index (κ2) is 7.31. The number of anilines is 1. The molecule has 2 aromatic rings. The minimum atomic E-state index is -0.276. The van der Waals surface area contributed by atoms with Gasteiger partial charge in [-0.1, -0.05) is 5.21 Å². The van der Waals surface area contributed by atoms with Crippen LogP contribution in [0.5, 0.6) is 5.75 Å². The maximum Gasteiger partial charge on any atom is 0.278 e. The minimum Gasteiger partial charge on any atom is -0.497 e. The summed E-state index contributed by atoms with van der Waals surface area (Å²) in [6, 6.07) is 5.70. The van der Waals surface area contributed by atoms with Crippen molar-refractivity contribution in [2.45, 2.75) is 25.8 Å². The number of carbonyl (C=O) groups excluding carboxylic acids is 1. The van der Waals surface area contributed by atoms with E-state index in [0.717, 1.165) is 36.1 Å². The molecule has 0 radical (unpaired) electrons. The van der Waals surface area contributed by atoms with Crippen molar-refractivity contribution >= 4 is 27.5 Å². The summed E-state index contributed by atoms with van der Waals surface area (Å²) in [5, 5.41) is 14.5. The van der Waals surface area contributed by atoms with E-state index in [-0.39, 0.29) is 5.91 Å². The zero-order chi connectivity index (χ0) is 17.1. The van der Waals surface area contributed by atoms with Gasteiger partial charge in [0.25, 0.3) is 5.91 Å². The smallest absolute Gasteiger partial charge is 0.278 e.